The van der Waals surface area contributed by atoms with E-state index in [0.29, 0.717) is 11.2 Å². The second kappa shape index (κ2) is 6.12. The average Bonchev–Trinajstić information content (AvgIpc) is 2.92. The van der Waals surface area contributed by atoms with E-state index in [9.17, 15) is 4.79 Å². The van der Waals surface area contributed by atoms with Gasteiger partial charge in [0.1, 0.15) is 5.15 Å². The van der Waals surface area contributed by atoms with Gasteiger partial charge in [0.15, 0.2) is 0 Å². The molecular formula is C19H23ClN2O. The Morgan fingerprint density at radius 2 is 2.09 bits per heavy atom. The van der Waals surface area contributed by atoms with E-state index in [4.69, 9.17) is 11.6 Å². The van der Waals surface area contributed by atoms with E-state index in [0.717, 1.165) is 42.3 Å². The molecule has 1 aliphatic heterocycles. The molecule has 0 saturated carbocycles. The Morgan fingerprint density at radius 3 is 2.83 bits per heavy atom. The fraction of sp³-hybridized carbons (Fsp3) is 0.474. The highest BCUT2D eigenvalue weighted by Gasteiger charge is 2.32. The van der Waals surface area contributed by atoms with Gasteiger partial charge in [-0.15, -0.1) is 0 Å². The Bertz CT molecular complexity index is 736. The Hall–Kier alpha value is -1.61. The van der Waals surface area contributed by atoms with Crippen LogP contribution in [-0.4, -0.2) is 28.4 Å². The Kier molecular flexibility index (Phi) is 4.33. The molecule has 1 fully saturated rings. The van der Waals surface area contributed by atoms with Crippen LogP contribution in [0.1, 0.15) is 50.4 Å². The van der Waals surface area contributed by atoms with Crippen molar-refractivity contribution in [2.75, 3.05) is 6.54 Å². The molecule has 0 aliphatic carbocycles. The van der Waals surface area contributed by atoms with E-state index in [1.807, 2.05) is 24.3 Å². The molecular weight excluding hydrogens is 308 g/mol. The van der Waals surface area contributed by atoms with Gasteiger partial charge in [0.25, 0.3) is 5.91 Å². The highest BCUT2D eigenvalue weighted by Crippen LogP contribution is 2.31. The van der Waals surface area contributed by atoms with Gasteiger partial charge in [0.05, 0.1) is 5.52 Å². The van der Waals surface area contributed by atoms with Gasteiger partial charge in [-0.1, -0.05) is 32.4 Å². The molecule has 1 aliphatic rings. The first kappa shape index (κ1) is 16.3. The maximum Gasteiger partial charge on any atom is 0.254 e. The zero-order valence-corrected chi connectivity index (χ0v) is 14.7. The van der Waals surface area contributed by atoms with E-state index < -0.39 is 0 Å². The smallest absolute Gasteiger partial charge is 0.254 e. The molecule has 1 aromatic carbocycles. The van der Waals surface area contributed by atoms with Gasteiger partial charge in [0.2, 0.25) is 0 Å². The molecule has 0 spiro atoms. The summed E-state index contributed by atoms with van der Waals surface area (Å²) in [6, 6.07) is 9.69. The lowest BCUT2D eigenvalue weighted by Gasteiger charge is -2.30. The molecule has 23 heavy (non-hydrogen) atoms. The first-order valence-electron chi connectivity index (χ1n) is 8.21. The van der Waals surface area contributed by atoms with Crippen molar-refractivity contribution in [2.24, 2.45) is 5.41 Å². The molecule has 0 bridgehead atoms. The van der Waals surface area contributed by atoms with E-state index in [1.165, 1.54) is 0 Å². The molecule has 1 amide bonds. The molecule has 3 nitrogen and oxygen atoms in total. The summed E-state index contributed by atoms with van der Waals surface area (Å²) in [4.78, 5) is 19.3. The molecule has 0 N–H and O–H groups in total. The van der Waals surface area contributed by atoms with Crippen molar-refractivity contribution in [2.45, 2.75) is 46.1 Å². The van der Waals surface area contributed by atoms with Crippen molar-refractivity contribution < 1.29 is 4.79 Å². The lowest BCUT2D eigenvalue weighted by Crippen LogP contribution is -2.37. The van der Waals surface area contributed by atoms with Gasteiger partial charge in [-0.2, -0.15) is 0 Å². The molecule has 1 saturated heterocycles. The normalized spacial score (nSPS) is 18.6. The van der Waals surface area contributed by atoms with Crippen LogP contribution in [0, 0.1) is 5.41 Å². The standard InChI is InChI=1S/C19H23ClN2O/c1-19(2,3)12-15-5-4-10-22(15)18(23)14-6-8-16-13(11-14)7-9-17(20)21-16/h6-9,11,15H,4-5,10,12H2,1-3H3. The zero-order valence-electron chi connectivity index (χ0n) is 14.0. The lowest BCUT2D eigenvalue weighted by molar-refractivity contribution is 0.0704. The van der Waals surface area contributed by atoms with E-state index in [1.54, 1.807) is 6.07 Å². The molecule has 2 heterocycles. The number of carbonyl (C=O) groups excluding carboxylic acids is 1. The number of aromatic nitrogens is 1. The lowest BCUT2D eigenvalue weighted by atomic mass is 9.87. The van der Waals surface area contributed by atoms with Crippen molar-refractivity contribution in [1.82, 2.24) is 9.88 Å². The predicted octanol–water partition coefficient (Wildman–Crippen LogP) is 4.93. The van der Waals surface area contributed by atoms with Gasteiger partial charge < -0.3 is 4.90 Å². The van der Waals surface area contributed by atoms with Crippen LogP contribution in [0.4, 0.5) is 0 Å². The van der Waals surface area contributed by atoms with Crippen LogP contribution in [-0.2, 0) is 0 Å². The monoisotopic (exact) mass is 330 g/mol. The second-order valence-electron chi connectivity index (χ2n) is 7.60. The van der Waals surface area contributed by atoms with Gasteiger partial charge in [0, 0.05) is 23.5 Å². The largest absolute Gasteiger partial charge is 0.336 e. The SMILES string of the molecule is CC(C)(C)CC1CCCN1C(=O)c1ccc2nc(Cl)ccc2c1. The summed E-state index contributed by atoms with van der Waals surface area (Å²) in [5.74, 6) is 0.133. The van der Waals surface area contributed by atoms with Gasteiger partial charge in [-0.05, 0) is 55.0 Å². The Balaban J connectivity index is 1.86. The van der Waals surface area contributed by atoms with Crippen LogP contribution in [0.25, 0.3) is 10.9 Å². The van der Waals surface area contributed by atoms with E-state index >= 15 is 0 Å². The number of likely N-dealkylation sites (tertiary alicyclic amines) is 1. The molecule has 3 rings (SSSR count). The van der Waals surface area contributed by atoms with Crippen molar-refractivity contribution >= 4 is 28.4 Å². The molecule has 1 unspecified atom stereocenters. The number of pyridine rings is 1. The molecule has 0 radical (unpaired) electrons. The van der Waals surface area contributed by atoms with Crippen LogP contribution in [0.5, 0.6) is 0 Å². The number of benzene rings is 1. The minimum absolute atomic E-state index is 0.133. The highest BCUT2D eigenvalue weighted by atomic mass is 35.5. The second-order valence-corrected chi connectivity index (χ2v) is 7.99. The summed E-state index contributed by atoms with van der Waals surface area (Å²) in [6.07, 6.45) is 3.24. The number of nitrogens with zero attached hydrogens (tertiary/aromatic N) is 2. The Morgan fingerprint density at radius 1 is 1.30 bits per heavy atom. The number of halogens is 1. The Labute approximate surface area is 142 Å². The summed E-state index contributed by atoms with van der Waals surface area (Å²) >= 11 is 5.92. The van der Waals surface area contributed by atoms with Crippen LogP contribution < -0.4 is 0 Å². The quantitative estimate of drug-likeness (QED) is 0.731. The summed E-state index contributed by atoms with van der Waals surface area (Å²) < 4.78 is 0. The number of fused-ring (bicyclic) bond motifs is 1. The van der Waals surface area contributed by atoms with Gasteiger partial charge >= 0.3 is 0 Å². The van der Waals surface area contributed by atoms with Crippen molar-refractivity contribution in [1.29, 1.82) is 0 Å². The number of hydrogen-bond donors (Lipinski definition) is 0. The van der Waals surface area contributed by atoms with Crippen LogP contribution >= 0.6 is 11.6 Å². The maximum absolute atomic E-state index is 12.9. The molecule has 1 aromatic heterocycles. The first-order valence-corrected chi connectivity index (χ1v) is 8.59. The maximum atomic E-state index is 12.9. The zero-order chi connectivity index (χ0) is 16.6. The van der Waals surface area contributed by atoms with Crippen LogP contribution in [0.2, 0.25) is 5.15 Å². The topological polar surface area (TPSA) is 33.2 Å². The highest BCUT2D eigenvalue weighted by molar-refractivity contribution is 6.29. The molecule has 4 heteroatoms. The minimum atomic E-state index is 0.133. The van der Waals surface area contributed by atoms with E-state index in [2.05, 4.69) is 30.7 Å². The minimum Gasteiger partial charge on any atom is -0.336 e. The van der Waals surface area contributed by atoms with Crippen molar-refractivity contribution in [3.05, 3.63) is 41.0 Å². The summed E-state index contributed by atoms with van der Waals surface area (Å²) in [5.41, 5.74) is 1.79. The third-order valence-electron chi connectivity index (χ3n) is 4.39. The summed E-state index contributed by atoms with van der Waals surface area (Å²) in [7, 11) is 0. The van der Waals surface area contributed by atoms with Crippen LogP contribution in [0.15, 0.2) is 30.3 Å². The predicted molar refractivity (Wildman–Crippen MR) is 94.9 cm³/mol. The third-order valence-corrected chi connectivity index (χ3v) is 4.60. The molecule has 122 valence electrons. The number of carbonyl (C=O) groups is 1. The van der Waals surface area contributed by atoms with Crippen molar-refractivity contribution in [3.63, 3.8) is 0 Å². The number of hydrogen-bond acceptors (Lipinski definition) is 2. The fourth-order valence-electron chi connectivity index (χ4n) is 3.42. The third kappa shape index (κ3) is 3.66. The first-order chi connectivity index (χ1) is 10.8. The summed E-state index contributed by atoms with van der Waals surface area (Å²) in [5, 5.41) is 1.42. The van der Waals surface area contributed by atoms with Crippen molar-refractivity contribution in [3.8, 4) is 0 Å². The van der Waals surface area contributed by atoms with E-state index in [-0.39, 0.29) is 11.3 Å². The average molecular weight is 331 g/mol. The van der Waals surface area contributed by atoms with Gasteiger partial charge in [-0.25, -0.2) is 4.98 Å². The molecule has 1 atom stereocenters. The number of rotatable bonds is 2. The summed E-state index contributed by atoms with van der Waals surface area (Å²) in [6.45, 7) is 7.56. The fourth-order valence-corrected chi connectivity index (χ4v) is 3.58. The molecule has 2 aromatic rings. The van der Waals surface area contributed by atoms with Gasteiger partial charge in [-0.3, -0.25) is 4.79 Å². The van der Waals surface area contributed by atoms with Crippen LogP contribution in [0.3, 0.4) is 0 Å². The number of amides is 1.